The van der Waals surface area contributed by atoms with Crippen molar-refractivity contribution in [2.75, 3.05) is 11.9 Å². The molecule has 1 N–H and O–H groups in total. The Bertz CT molecular complexity index is 620. The van der Waals surface area contributed by atoms with Crippen LogP contribution >= 0.6 is 0 Å². The van der Waals surface area contributed by atoms with Gasteiger partial charge in [-0.05, 0) is 50.5 Å². The van der Waals surface area contributed by atoms with Gasteiger partial charge in [-0.15, -0.1) is 0 Å². The van der Waals surface area contributed by atoms with Gasteiger partial charge in [0.25, 0.3) is 0 Å². The topological polar surface area (TPSA) is 28.2 Å². The van der Waals surface area contributed by atoms with Crippen molar-refractivity contribution in [2.45, 2.75) is 44.3 Å². The van der Waals surface area contributed by atoms with Crippen LogP contribution in [0.4, 0.5) is 5.69 Å². The Morgan fingerprint density at radius 2 is 2.15 bits per heavy atom. The Kier molecular flexibility index (Phi) is 2.88. The maximum Gasteiger partial charge on any atom is 0.0703 e. The third-order valence-corrected chi connectivity index (χ3v) is 4.61. The predicted molar refractivity (Wildman–Crippen MR) is 83.0 cm³/mol. The summed E-state index contributed by atoms with van der Waals surface area (Å²) in [7, 11) is 0. The van der Waals surface area contributed by atoms with Gasteiger partial charge in [0, 0.05) is 41.9 Å². The van der Waals surface area contributed by atoms with Gasteiger partial charge in [0.2, 0.25) is 0 Å². The highest BCUT2D eigenvalue weighted by Gasteiger charge is 2.38. The van der Waals surface area contributed by atoms with Crippen molar-refractivity contribution in [3.63, 3.8) is 0 Å². The second kappa shape index (κ2) is 4.74. The van der Waals surface area contributed by atoms with Gasteiger partial charge in [-0.25, -0.2) is 0 Å². The normalized spacial score (nSPS) is 27.1. The van der Waals surface area contributed by atoms with Crippen LogP contribution in [0.2, 0.25) is 0 Å². The lowest BCUT2D eigenvalue weighted by molar-refractivity contribution is 0.257. The van der Waals surface area contributed by atoms with Crippen molar-refractivity contribution in [3.05, 3.63) is 36.5 Å². The Balaban J connectivity index is 1.50. The number of hydrogen-bond acceptors (Lipinski definition) is 3. The molecule has 2 aliphatic rings. The molecule has 2 atom stereocenters. The molecule has 1 aliphatic heterocycles. The van der Waals surface area contributed by atoms with E-state index in [1.165, 1.54) is 36.9 Å². The minimum atomic E-state index is 0.583. The van der Waals surface area contributed by atoms with Gasteiger partial charge in [-0.1, -0.05) is 6.07 Å². The van der Waals surface area contributed by atoms with Crippen LogP contribution in [-0.4, -0.2) is 34.6 Å². The van der Waals surface area contributed by atoms with Crippen LogP contribution in [-0.2, 0) is 0 Å². The van der Waals surface area contributed by atoms with E-state index in [0.29, 0.717) is 6.04 Å². The molecule has 0 amide bonds. The summed E-state index contributed by atoms with van der Waals surface area (Å²) >= 11 is 0. The van der Waals surface area contributed by atoms with E-state index in [2.05, 4.69) is 46.4 Å². The Hall–Kier alpha value is -1.61. The fourth-order valence-corrected chi connectivity index (χ4v) is 3.48. The van der Waals surface area contributed by atoms with Crippen LogP contribution in [0.25, 0.3) is 10.9 Å². The molecule has 1 aliphatic carbocycles. The summed E-state index contributed by atoms with van der Waals surface area (Å²) in [6.45, 7) is 3.56. The van der Waals surface area contributed by atoms with Gasteiger partial charge in [0.1, 0.15) is 0 Å². The molecule has 2 unspecified atom stereocenters. The first-order valence-electron chi connectivity index (χ1n) is 7.67. The summed E-state index contributed by atoms with van der Waals surface area (Å²) in [5.41, 5.74) is 2.29. The molecule has 0 radical (unpaired) electrons. The molecule has 1 saturated carbocycles. The zero-order chi connectivity index (χ0) is 13.5. The average molecular weight is 267 g/mol. The maximum atomic E-state index is 4.37. The third kappa shape index (κ3) is 2.27. The molecule has 1 aromatic carbocycles. The van der Waals surface area contributed by atoms with Gasteiger partial charge in [0.05, 0.1) is 5.52 Å². The summed E-state index contributed by atoms with van der Waals surface area (Å²) in [5.74, 6) is 0. The fourth-order valence-electron chi connectivity index (χ4n) is 3.48. The van der Waals surface area contributed by atoms with Gasteiger partial charge in [0.15, 0.2) is 0 Å². The molecule has 20 heavy (non-hydrogen) atoms. The van der Waals surface area contributed by atoms with E-state index in [1.54, 1.807) is 0 Å². The second-order valence-corrected chi connectivity index (χ2v) is 6.26. The van der Waals surface area contributed by atoms with E-state index in [1.807, 2.05) is 12.3 Å². The Labute approximate surface area is 120 Å². The van der Waals surface area contributed by atoms with Crippen molar-refractivity contribution in [1.29, 1.82) is 0 Å². The molecule has 3 nitrogen and oxygen atoms in total. The minimum Gasteiger partial charge on any atom is -0.381 e. The summed E-state index contributed by atoms with van der Waals surface area (Å²) in [5, 5.41) is 4.92. The molecule has 0 spiro atoms. The molecule has 1 saturated heterocycles. The van der Waals surface area contributed by atoms with Gasteiger partial charge < -0.3 is 5.32 Å². The van der Waals surface area contributed by atoms with E-state index in [4.69, 9.17) is 0 Å². The van der Waals surface area contributed by atoms with E-state index in [-0.39, 0.29) is 0 Å². The highest BCUT2D eigenvalue weighted by Crippen LogP contribution is 2.34. The van der Waals surface area contributed by atoms with Crippen molar-refractivity contribution < 1.29 is 0 Å². The second-order valence-electron chi connectivity index (χ2n) is 6.26. The van der Waals surface area contributed by atoms with Crippen LogP contribution in [0.3, 0.4) is 0 Å². The summed E-state index contributed by atoms with van der Waals surface area (Å²) < 4.78 is 0. The van der Waals surface area contributed by atoms with Crippen molar-refractivity contribution >= 4 is 16.6 Å². The van der Waals surface area contributed by atoms with E-state index in [9.17, 15) is 0 Å². The number of nitrogens with zero attached hydrogens (tertiary/aromatic N) is 2. The largest absolute Gasteiger partial charge is 0.381 e. The zero-order valence-corrected chi connectivity index (χ0v) is 11.9. The number of rotatable bonds is 3. The summed E-state index contributed by atoms with van der Waals surface area (Å²) in [4.78, 5) is 7.05. The van der Waals surface area contributed by atoms with Crippen LogP contribution in [0.5, 0.6) is 0 Å². The van der Waals surface area contributed by atoms with E-state index in [0.717, 1.165) is 17.6 Å². The number of fused-ring (bicyclic) bond motifs is 1. The fraction of sp³-hybridized carbons (Fsp3) is 0.471. The number of aromatic nitrogens is 1. The highest BCUT2D eigenvalue weighted by atomic mass is 15.3. The zero-order valence-electron chi connectivity index (χ0n) is 11.9. The monoisotopic (exact) mass is 267 g/mol. The Morgan fingerprint density at radius 3 is 3.00 bits per heavy atom. The molecular weight excluding hydrogens is 246 g/mol. The summed E-state index contributed by atoms with van der Waals surface area (Å²) in [6.07, 6.45) is 5.90. The van der Waals surface area contributed by atoms with Crippen molar-refractivity contribution in [3.8, 4) is 0 Å². The minimum absolute atomic E-state index is 0.583. The Morgan fingerprint density at radius 1 is 1.25 bits per heavy atom. The van der Waals surface area contributed by atoms with Crippen molar-refractivity contribution in [2.24, 2.45) is 0 Å². The lowest BCUT2D eigenvalue weighted by atomic mass is 10.1. The van der Waals surface area contributed by atoms with E-state index < -0.39 is 0 Å². The lowest BCUT2D eigenvalue weighted by Crippen LogP contribution is -2.30. The molecule has 3 heteroatoms. The highest BCUT2D eigenvalue weighted by molar-refractivity contribution is 5.82. The number of anilines is 1. The third-order valence-electron chi connectivity index (χ3n) is 4.61. The molecule has 0 bridgehead atoms. The first kappa shape index (κ1) is 12.2. The lowest BCUT2D eigenvalue weighted by Gasteiger charge is -2.20. The molecular formula is C17H21N3. The first-order chi connectivity index (χ1) is 9.79. The van der Waals surface area contributed by atoms with Gasteiger partial charge >= 0.3 is 0 Å². The molecule has 2 aromatic rings. The molecule has 1 aromatic heterocycles. The number of likely N-dealkylation sites (tertiary alicyclic amines) is 1. The number of benzene rings is 1. The van der Waals surface area contributed by atoms with E-state index >= 15 is 0 Å². The number of nitrogens with one attached hydrogen (secondary N) is 1. The maximum absolute atomic E-state index is 4.37. The van der Waals surface area contributed by atoms with Crippen molar-refractivity contribution in [1.82, 2.24) is 9.88 Å². The SMILES string of the molecule is CC1CC(Nc2ccc3ncccc3c2)CN1C1CC1. The molecule has 2 fully saturated rings. The quantitative estimate of drug-likeness (QED) is 0.925. The van der Waals surface area contributed by atoms with Gasteiger partial charge in [-0.3, -0.25) is 9.88 Å². The van der Waals surface area contributed by atoms with Crippen LogP contribution in [0.1, 0.15) is 26.2 Å². The number of pyridine rings is 1. The first-order valence-corrected chi connectivity index (χ1v) is 7.67. The molecule has 4 rings (SSSR count). The standard InChI is InChI=1S/C17H21N3/c1-12-9-15(11-20(12)16-5-6-16)19-14-4-7-17-13(10-14)3-2-8-18-17/h2-4,7-8,10,12,15-16,19H,5-6,9,11H2,1H3. The predicted octanol–water partition coefficient (Wildman–Crippen LogP) is 3.27. The average Bonchev–Trinajstić information content (AvgIpc) is 3.23. The van der Waals surface area contributed by atoms with Crippen LogP contribution < -0.4 is 5.32 Å². The smallest absolute Gasteiger partial charge is 0.0703 e. The summed E-state index contributed by atoms with van der Waals surface area (Å²) in [6, 6.07) is 12.8. The molecule has 2 heterocycles. The van der Waals surface area contributed by atoms with Crippen LogP contribution in [0, 0.1) is 0 Å². The van der Waals surface area contributed by atoms with Crippen LogP contribution in [0.15, 0.2) is 36.5 Å². The van der Waals surface area contributed by atoms with Gasteiger partial charge in [-0.2, -0.15) is 0 Å². The molecule has 104 valence electrons. The number of hydrogen-bond donors (Lipinski definition) is 1.